The van der Waals surface area contributed by atoms with Crippen molar-refractivity contribution in [3.63, 3.8) is 0 Å². The number of carbonyl (C=O) groups is 2. The third-order valence-electron chi connectivity index (χ3n) is 3.45. The Morgan fingerprint density at radius 2 is 1.46 bits per heavy atom. The Bertz CT molecular complexity index is 683. The van der Waals surface area contributed by atoms with Crippen LogP contribution in [0.15, 0.2) is 48.5 Å². The van der Waals surface area contributed by atoms with Crippen molar-refractivity contribution in [2.75, 3.05) is 27.4 Å². The maximum atomic E-state index is 11.8. The molecular weight excluding hydrogens is 338 g/mol. The van der Waals surface area contributed by atoms with Crippen LogP contribution in [0, 0.1) is 0 Å². The van der Waals surface area contributed by atoms with E-state index in [0.717, 1.165) is 5.56 Å². The molecule has 26 heavy (non-hydrogen) atoms. The molecule has 7 heteroatoms. The van der Waals surface area contributed by atoms with E-state index in [2.05, 4.69) is 5.32 Å². The molecule has 138 valence electrons. The first kappa shape index (κ1) is 19.1. The zero-order valence-electron chi connectivity index (χ0n) is 14.7. The third-order valence-corrected chi connectivity index (χ3v) is 3.45. The van der Waals surface area contributed by atoms with E-state index in [9.17, 15) is 9.59 Å². The number of carbonyl (C=O) groups excluding carboxylic acids is 2. The average molecular weight is 359 g/mol. The molecule has 0 aliphatic heterocycles. The lowest BCUT2D eigenvalue weighted by atomic mass is 10.2. The van der Waals surface area contributed by atoms with Gasteiger partial charge >= 0.3 is 5.97 Å². The minimum atomic E-state index is -0.650. The van der Waals surface area contributed by atoms with Crippen LogP contribution in [-0.4, -0.2) is 39.3 Å². The largest absolute Gasteiger partial charge is 0.496 e. The summed E-state index contributed by atoms with van der Waals surface area (Å²) in [7, 11) is 3.07. The fourth-order valence-corrected chi connectivity index (χ4v) is 2.16. The van der Waals surface area contributed by atoms with E-state index in [0.29, 0.717) is 17.2 Å². The molecule has 0 aliphatic carbocycles. The molecule has 0 spiro atoms. The third kappa shape index (κ3) is 5.70. The summed E-state index contributed by atoms with van der Waals surface area (Å²) in [5.41, 5.74) is 0.828. The highest BCUT2D eigenvalue weighted by Crippen LogP contribution is 2.25. The number of amides is 1. The Hall–Kier alpha value is -3.22. The molecule has 2 aromatic rings. The molecule has 0 heterocycles. The van der Waals surface area contributed by atoms with E-state index in [1.165, 1.54) is 7.11 Å². The summed E-state index contributed by atoms with van der Waals surface area (Å²) in [6.45, 7) is -0.429. The average Bonchev–Trinajstić information content (AvgIpc) is 2.69. The van der Waals surface area contributed by atoms with Crippen LogP contribution < -0.4 is 19.5 Å². The highest BCUT2D eigenvalue weighted by molar-refractivity contribution is 5.81. The first-order chi connectivity index (χ1) is 12.6. The first-order valence-corrected chi connectivity index (χ1v) is 7.94. The quantitative estimate of drug-likeness (QED) is 0.689. The second-order valence-corrected chi connectivity index (χ2v) is 5.19. The van der Waals surface area contributed by atoms with Crippen molar-refractivity contribution in [3.8, 4) is 17.2 Å². The molecule has 0 fully saturated rings. The Balaban J connectivity index is 1.72. The fraction of sp³-hybridized carbons (Fsp3) is 0.263. The summed E-state index contributed by atoms with van der Waals surface area (Å²) in [5.74, 6) is 0.544. The van der Waals surface area contributed by atoms with Gasteiger partial charge in [0.15, 0.2) is 24.7 Å². The zero-order chi connectivity index (χ0) is 18.8. The van der Waals surface area contributed by atoms with Crippen molar-refractivity contribution in [3.05, 3.63) is 54.1 Å². The van der Waals surface area contributed by atoms with E-state index in [-0.39, 0.29) is 19.8 Å². The molecule has 0 radical (unpaired) electrons. The zero-order valence-corrected chi connectivity index (χ0v) is 14.7. The lowest BCUT2D eigenvalue weighted by molar-refractivity contribution is -0.150. The predicted molar refractivity (Wildman–Crippen MR) is 94.3 cm³/mol. The van der Waals surface area contributed by atoms with E-state index < -0.39 is 11.9 Å². The smallest absolute Gasteiger partial charge is 0.344 e. The van der Waals surface area contributed by atoms with Gasteiger partial charge < -0.3 is 24.3 Å². The second kappa shape index (κ2) is 9.93. The molecule has 7 nitrogen and oxygen atoms in total. The molecule has 0 atom stereocenters. The van der Waals surface area contributed by atoms with E-state index in [1.54, 1.807) is 37.4 Å². The molecule has 0 saturated heterocycles. The molecule has 0 unspecified atom stereocenters. The number of esters is 1. The summed E-state index contributed by atoms with van der Waals surface area (Å²) in [6.07, 6.45) is 0. The molecule has 0 saturated carbocycles. The fourth-order valence-electron chi connectivity index (χ4n) is 2.16. The summed E-state index contributed by atoms with van der Waals surface area (Å²) in [4.78, 5) is 23.5. The van der Waals surface area contributed by atoms with Gasteiger partial charge in [-0.1, -0.05) is 30.3 Å². The maximum absolute atomic E-state index is 11.8. The standard InChI is InChI=1S/C19H21NO6/c1-23-15-8-4-3-7-14(15)11-20-18(21)12-26-19(22)13-25-17-10-6-5-9-16(17)24-2/h3-10H,11-13H2,1-2H3,(H,20,21). The molecular formula is C19H21NO6. The van der Waals surface area contributed by atoms with Gasteiger partial charge in [0.05, 0.1) is 14.2 Å². The Morgan fingerprint density at radius 1 is 0.846 bits per heavy atom. The van der Waals surface area contributed by atoms with Crippen molar-refractivity contribution in [1.29, 1.82) is 0 Å². The highest BCUT2D eigenvalue weighted by Gasteiger charge is 2.11. The van der Waals surface area contributed by atoms with Crippen molar-refractivity contribution < 1.29 is 28.5 Å². The molecule has 0 bridgehead atoms. The molecule has 0 aromatic heterocycles. The molecule has 2 aromatic carbocycles. The highest BCUT2D eigenvalue weighted by atomic mass is 16.6. The van der Waals surface area contributed by atoms with Gasteiger partial charge in [0.2, 0.25) is 0 Å². The Kier molecular flexibility index (Phi) is 7.30. The van der Waals surface area contributed by atoms with Gasteiger partial charge in [0.1, 0.15) is 5.75 Å². The normalized spacial score (nSPS) is 9.92. The van der Waals surface area contributed by atoms with Gasteiger partial charge in [0.25, 0.3) is 5.91 Å². The van der Waals surface area contributed by atoms with Gasteiger partial charge in [-0.2, -0.15) is 0 Å². The molecule has 0 aliphatic rings. The van der Waals surface area contributed by atoms with E-state index in [1.807, 2.05) is 18.2 Å². The summed E-state index contributed by atoms with van der Waals surface area (Å²) < 4.78 is 20.6. The second-order valence-electron chi connectivity index (χ2n) is 5.19. The lowest BCUT2D eigenvalue weighted by Gasteiger charge is -2.11. The molecule has 1 amide bonds. The number of methoxy groups -OCH3 is 2. The molecule has 1 N–H and O–H groups in total. The maximum Gasteiger partial charge on any atom is 0.344 e. The van der Waals surface area contributed by atoms with Crippen molar-refractivity contribution in [2.24, 2.45) is 0 Å². The Labute approximate surface area is 151 Å². The number of ether oxygens (including phenoxy) is 4. The van der Waals surface area contributed by atoms with Crippen molar-refractivity contribution in [2.45, 2.75) is 6.54 Å². The van der Waals surface area contributed by atoms with Crippen LogP contribution in [0.3, 0.4) is 0 Å². The number of nitrogens with one attached hydrogen (secondary N) is 1. The topological polar surface area (TPSA) is 83.1 Å². The number of benzene rings is 2. The predicted octanol–water partition coefficient (Wildman–Crippen LogP) is 1.94. The lowest BCUT2D eigenvalue weighted by Crippen LogP contribution is -2.29. The SMILES string of the molecule is COc1ccccc1CNC(=O)COC(=O)COc1ccccc1OC. The van der Waals surface area contributed by atoms with Gasteiger partial charge in [-0.3, -0.25) is 4.79 Å². The van der Waals surface area contributed by atoms with Crippen LogP contribution in [0.5, 0.6) is 17.2 Å². The number of rotatable bonds is 9. The van der Waals surface area contributed by atoms with Crippen LogP contribution in [-0.2, 0) is 20.9 Å². The van der Waals surface area contributed by atoms with Gasteiger partial charge in [-0.15, -0.1) is 0 Å². The van der Waals surface area contributed by atoms with Crippen molar-refractivity contribution in [1.82, 2.24) is 5.32 Å². The Morgan fingerprint density at radius 3 is 2.15 bits per heavy atom. The van der Waals surface area contributed by atoms with Crippen LogP contribution in [0.1, 0.15) is 5.56 Å². The number of hydrogen-bond donors (Lipinski definition) is 1. The summed E-state index contributed by atoms with van der Waals surface area (Å²) >= 11 is 0. The summed E-state index contributed by atoms with van der Waals surface area (Å²) in [6, 6.07) is 14.3. The van der Waals surface area contributed by atoms with Crippen molar-refractivity contribution >= 4 is 11.9 Å². The number of para-hydroxylation sites is 3. The van der Waals surface area contributed by atoms with Gasteiger partial charge in [0, 0.05) is 12.1 Å². The minimum Gasteiger partial charge on any atom is -0.496 e. The number of hydrogen-bond acceptors (Lipinski definition) is 6. The molecule has 2 rings (SSSR count). The van der Waals surface area contributed by atoms with Gasteiger partial charge in [-0.05, 0) is 18.2 Å². The minimum absolute atomic E-state index is 0.276. The van der Waals surface area contributed by atoms with E-state index >= 15 is 0 Å². The first-order valence-electron chi connectivity index (χ1n) is 7.94. The van der Waals surface area contributed by atoms with Crippen LogP contribution in [0.4, 0.5) is 0 Å². The van der Waals surface area contributed by atoms with Crippen LogP contribution in [0.25, 0.3) is 0 Å². The van der Waals surface area contributed by atoms with Crippen LogP contribution >= 0.6 is 0 Å². The summed E-state index contributed by atoms with van der Waals surface area (Å²) in [5, 5.41) is 2.66. The monoisotopic (exact) mass is 359 g/mol. The van der Waals surface area contributed by atoms with E-state index in [4.69, 9.17) is 18.9 Å². The van der Waals surface area contributed by atoms with Gasteiger partial charge in [-0.25, -0.2) is 4.79 Å². The van der Waals surface area contributed by atoms with Crippen LogP contribution in [0.2, 0.25) is 0 Å².